The second-order valence-electron chi connectivity index (χ2n) is 6.28. The Kier molecular flexibility index (Phi) is 6.95. The van der Waals surface area contributed by atoms with Crippen molar-refractivity contribution in [2.24, 2.45) is 0 Å². The number of nitrogens with one attached hydrogen (secondary N) is 2. The number of carbonyl (C=O) groups excluding carboxylic acids is 1. The van der Waals surface area contributed by atoms with Gasteiger partial charge in [-0.1, -0.05) is 42.5 Å². The van der Waals surface area contributed by atoms with Crippen molar-refractivity contribution < 1.29 is 9.53 Å². The van der Waals surface area contributed by atoms with Gasteiger partial charge in [0.05, 0.1) is 7.11 Å². The number of benzene rings is 2. The van der Waals surface area contributed by atoms with Crippen molar-refractivity contribution in [2.45, 2.75) is 12.8 Å². The second kappa shape index (κ2) is 10.1. The third-order valence-electron chi connectivity index (χ3n) is 4.29. The molecule has 0 aliphatic rings. The topological polar surface area (TPSA) is 76.1 Å². The molecule has 0 saturated heterocycles. The van der Waals surface area contributed by atoms with Crippen LogP contribution in [-0.2, 0) is 12.8 Å². The summed E-state index contributed by atoms with van der Waals surface area (Å²) in [5, 5.41) is 6.06. The minimum Gasteiger partial charge on any atom is -0.497 e. The lowest BCUT2D eigenvalue weighted by Gasteiger charge is -2.08. The maximum atomic E-state index is 12.3. The molecular weight excluding hydrogens is 352 g/mol. The number of nitrogens with zero attached hydrogens (tertiary/aromatic N) is 2. The van der Waals surface area contributed by atoms with Gasteiger partial charge >= 0.3 is 0 Å². The van der Waals surface area contributed by atoms with E-state index in [1.165, 1.54) is 11.1 Å². The molecule has 3 rings (SSSR count). The maximum absolute atomic E-state index is 12.3. The fourth-order valence-electron chi connectivity index (χ4n) is 2.74. The number of carbonyl (C=O) groups is 1. The molecule has 3 aromatic rings. The minimum absolute atomic E-state index is 0.198. The zero-order valence-corrected chi connectivity index (χ0v) is 15.9. The Morgan fingerprint density at radius 3 is 2.39 bits per heavy atom. The average molecular weight is 376 g/mol. The van der Waals surface area contributed by atoms with Gasteiger partial charge < -0.3 is 15.4 Å². The van der Waals surface area contributed by atoms with Crippen LogP contribution >= 0.6 is 0 Å². The average Bonchev–Trinajstić information content (AvgIpc) is 2.75. The standard InChI is InChI=1S/C22H24N4O2/c1-28-19-9-7-18(8-10-19)12-15-24-22-25-16-13-20(26-22)21(27)23-14-11-17-5-3-2-4-6-17/h2-10,13,16H,11-12,14-15H2,1H3,(H,23,27)(H,24,25,26). The van der Waals surface area contributed by atoms with E-state index < -0.39 is 0 Å². The van der Waals surface area contributed by atoms with Gasteiger partial charge in [0.2, 0.25) is 5.95 Å². The van der Waals surface area contributed by atoms with E-state index in [4.69, 9.17) is 4.74 Å². The first kappa shape index (κ1) is 19.4. The van der Waals surface area contributed by atoms with Gasteiger partial charge in [-0.05, 0) is 42.2 Å². The first-order valence-electron chi connectivity index (χ1n) is 9.26. The summed E-state index contributed by atoms with van der Waals surface area (Å²) in [4.78, 5) is 20.8. The summed E-state index contributed by atoms with van der Waals surface area (Å²) in [7, 11) is 1.65. The van der Waals surface area contributed by atoms with Gasteiger partial charge in [0.25, 0.3) is 5.91 Å². The largest absolute Gasteiger partial charge is 0.497 e. The van der Waals surface area contributed by atoms with Crippen molar-refractivity contribution in [3.63, 3.8) is 0 Å². The molecule has 2 N–H and O–H groups in total. The van der Waals surface area contributed by atoms with Crippen LogP contribution in [-0.4, -0.2) is 36.1 Å². The number of hydrogen-bond acceptors (Lipinski definition) is 5. The van der Waals surface area contributed by atoms with Crippen molar-refractivity contribution in [2.75, 3.05) is 25.5 Å². The zero-order valence-electron chi connectivity index (χ0n) is 15.9. The third-order valence-corrected chi connectivity index (χ3v) is 4.29. The first-order chi connectivity index (χ1) is 13.7. The van der Waals surface area contributed by atoms with E-state index in [9.17, 15) is 4.79 Å². The Balaban J connectivity index is 1.46. The first-order valence-corrected chi connectivity index (χ1v) is 9.26. The van der Waals surface area contributed by atoms with Gasteiger partial charge in [0.1, 0.15) is 11.4 Å². The highest BCUT2D eigenvalue weighted by molar-refractivity contribution is 5.92. The van der Waals surface area contributed by atoms with E-state index in [1.807, 2.05) is 54.6 Å². The molecule has 1 amide bonds. The molecule has 0 spiro atoms. The van der Waals surface area contributed by atoms with Gasteiger partial charge in [-0.2, -0.15) is 0 Å². The van der Waals surface area contributed by atoms with Gasteiger partial charge in [-0.3, -0.25) is 4.79 Å². The Labute approximate surface area is 165 Å². The fraction of sp³-hybridized carbons (Fsp3) is 0.227. The summed E-state index contributed by atoms with van der Waals surface area (Å²) in [6, 6.07) is 19.6. The molecule has 0 aliphatic carbocycles. The summed E-state index contributed by atoms with van der Waals surface area (Å²) in [6.45, 7) is 1.23. The number of amides is 1. The van der Waals surface area contributed by atoms with Crippen LogP contribution in [0.25, 0.3) is 0 Å². The smallest absolute Gasteiger partial charge is 0.270 e. The molecule has 0 atom stereocenters. The minimum atomic E-state index is -0.198. The maximum Gasteiger partial charge on any atom is 0.270 e. The monoisotopic (exact) mass is 376 g/mol. The molecule has 144 valence electrons. The molecule has 0 saturated carbocycles. The summed E-state index contributed by atoms with van der Waals surface area (Å²) in [5.41, 5.74) is 2.73. The molecule has 6 nitrogen and oxygen atoms in total. The van der Waals surface area contributed by atoms with Crippen LogP contribution in [0.3, 0.4) is 0 Å². The predicted molar refractivity (Wildman–Crippen MR) is 110 cm³/mol. The Bertz CT molecular complexity index is 883. The molecule has 6 heteroatoms. The van der Waals surface area contributed by atoms with Crippen LogP contribution < -0.4 is 15.4 Å². The lowest BCUT2D eigenvalue weighted by atomic mass is 10.1. The molecule has 0 radical (unpaired) electrons. The summed E-state index contributed by atoms with van der Waals surface area (Å²) in [6.07, 6.45) is 3.19. The number of anilines is 1. The third kappa shape index (κ3) is 5.81. The molecule has 1 aromatic heterocycles. The normalized spacial score (nSPS) is 10.3. The van der Waals surface area contributed by atoms with Crippen LogP contribution in [0.5, 0.6) is 5.75 Å². The van der Waals surface area contributed by atoms with Crippen LogP contribution in [0.4, 0.5) is 5.95 Å². The molecular formula is C22H24N4O2. The number of aromatic nitrogens is 2. The van der Waals surface area contributed by atoms with Gasteiger partial charge in [0.15, 0.2) is 0 Å². The summed E-state index contributed by atoms with van der Waals surface area (Å²) in [5.74, 6) is 1.09. The van der Waals surface area contributed by atoms with E-state index in [0.717, 1.165) is 18.6 Å². The second-order valence-corrected chi connectivity index (χ2v) is 6.28. The fourth-order valence-corrected chi connectivity index (χ4v) is 2.74. The summed E-state index contributed by atoms with van der Waals surface area (Å²) >= 11 is 0. The van der Waals surface area contributed by atoms with Crippen molar-refractivity contribution in [3.05, 3.63) is 83.7 Å². The predicted octanol–water partition coefficient (Wildman–Crippen LogP) is 3.11. The van der Waals surface area contributed by atoms with Crippen LogP contribution in [0, 0.1) is 0 Å². The number of methoxy groups -OCH3 is 1. The molecule has 2 aromatic carbocycles. The molecule has 0 bridgehead atoms. The molecule has 1 heterocycles. The van der Waals surface area contributed by atoms with E-state index >= 15 is 0 Å². The van der Waals surface area contributed by atoms with Crippen molar-refractivity contribution in [3.8, 4) is 5.75 Å². The van der Waals surface area contributed by atoms with E-state index in [1.54, 1.807) is 19.4 Å². The highest BCUT2D eigenvalue weighted by Gasteiger charge is 2.08. The Morgan fingerprint density at radius 2 is 1.64 bits per heavy atom. The van der Waals surface area contributed by atoms with Gasteiger partial charge in [-0.15, -0.1) is 0 Å². The quantitative estimate of drug-likeness (QED) is 0.600. The van der Waals surface area contributed by atoms with Crippen molar-refractivity contribution in [1.29, 1.82) is 0 Å². The molecule has 0 aliphatic heterocycles. The Hall–Kier alpha value is -3.41. The summed E-state index contributed by atoms with van der Waals surface area (Å²) < 4.78 is 5.16. The van der Waals surface area contributed by atoms with Gasteiger partial charge in [-0.25, -0.2) is 9.97 Å². The number of ether oxygens (including phenoxy) is 1. The highest BCUT2D eigenvalue weighted by atomic mass is 16.5. The van der Waals surface area contributed by atoms with Gasteiger partial charge in [0, 0.05) is 19.3 Å². The van der Waals surface area contributed by atoms with Crippen LogP contribution in [0.2, 0.25) is 0 Å². The van der Waals surface area contributed by atoms with E-state index in [0.29, 0.717) is 24.7 Å². The lowest BCUT2D eigenvalue weighted by molar-refractivity contribution is 0.0949. The number of rotatable bonds is 9. The van der Waals surface area contributed by atoms with Crippen molar-refractivity contribution >= 4 is 11.9 Å². The Morgan fingerprint density at radius 1 is 0.929 bits per heavy atom. The molecule has 0 fully saturated rings. The van der Waals surface area contributed by atoms with E-state index in [-0.39, 0.29) is 5.91 Å². The number of hydrogen-bond donors (Lipinski definition) is 2. The van der Waals surface area contributed by atoms with E-state index in [2.05, 4.69) is 20.6 Å². The van der Waals surface area contributed by atoms with Crippen LogP contribution in [0.1, 0.15) is 21.6 Å². The van der Waals surface area contributed by atoms with Crippen LogP contribution in [0.15, 0.2) is 66.9 Å². The molecule has 0 unspecified atom stereocenters. The molecule has 28 heavy (non-hydrogen) atoms. The van der Waals surface area contributed by atoms with Crippen molar-refractivity contribution in [1.82, 2.24) is 15.3 Å². The highest BCUT2D eigenvalue weighted by Crippen LogP contribution is 2.11. The zero-order chi connectivity index (χ0) is 19.6. The lowest BCUT2D eigenvalue weighted by Crippen LogP contribution is -2.27. The SMILES string of the molecule is COc1ccc(CCNc2nccc(C(=O)NCCc3ccccc3)n2)cc1.